The molecular formula is C26H33N5O2. The number of H-pyrrole nitrogens is 1. The second kappa shape index (κ2) is 10.6. The third kappa shape index (κ3) is 5.79. The Bertz CT molecular complexity index is 1090. The molecule has 3 aromatic rings. The number of aromatic nitrogens is 3. The number of rotatable bonds is 9. The van der Waals surface area contributed by atoms with Crippen LogP contribution in [0.5, 0.6) is 5.75 Å². The van der Waals surface area contributed by atoms with E-state index < -0.39 is 0 Å². The van der Waals surface area contributed by atoms with Crippen molar-refractivity contribution in [2.75, 3.05) is 32.1 Å². The molecule has 2 aromatic carbocycles. The van der Waals surface area contributed by atoms with E-state index in [0.717, 1.165) is 24.4 Å². The van der Waals surface area contributed by atoms with Crippen molar-refractivity contribution in [3.63, 3.8) is 0 Å². The van der Waals surface area contributed by atoms with Gasteiger partial charge in [0.15, 0.2) is 0 Å². The Kier molecular flexibility index (Phi) is 7.40. The van der Waals surface area contributed by atoms with Gasteiger partial charge in [0.05, 0.1) is 13.2 Å². The molecule has 0 radical (unpaired) electrons. The van der Waals surface area contributed by atoms with Gasteiger partial charge in [0.25, 0.3) is 5.56 Å². The van der Waals surface area contributed by atoms with Crippen LogP contribution >= 0.6 is 0 Å². The van der Waals surface area contributed by atoms with Crippen LogP contribution in [0.4, 0.5) is 5.95 Å². The average molecular weight is 448 g/mol. The molecule has 1 unspecified atom stereocenters. The van der Waals surface area contributed by atoms with E-state index in [2.05, 4.69) is 75.6 Å². The summed E-state index contributed by atoms with van der Waals surface area (Å²) in [4.78, 5) is 18.0. The van der Waals surface area contributed by atoms with Gasteiger partial charge >= 0.3 is 0 Å². The summed E-state index contributed by atoms with van der Waals surface area (Å²) in [5.74, 6) is 1.73. The first-order valence-corrected chi connectivity index (χ1v) is 11.7. The summed E-state index contributed by atoms with van der Waals surface area (Å²) in [5.41, 5.74) is 3.75. The first-order valence-electron chi connectivity index (χ1n) is 11.7. The van der Waals surface area contributed by atoms with E-state index in [1.165, 1.54) is 24.0 Å². The number of benzene rings is 2. The van der Waals surface area contributed by atoms with Gasteiger partial charge in [-0.2, -0.15) is 0 Å². The predicted octanol–water partition coefficient (Wildman–Crippen LogP) is 4.14. The van der Waals surface area contributed by atoms with Crippen molar-refractivity contribution in [1.82, 2.24) is 20.1 Å². The van der Waals surface area contributed by atoms with Crippen molar-refractivity contribution >= 4 is 5.95 Å². The number of anilines is 1. The fourth-order valence-corrected chi connectivity index (χ4v) is 4.30. The van der Waals surface area contributed by atoms with E-state index in [0.29, 0.717) is 30.5 Å². The second-order valence-corrected chi connectivity index (χ2v) is 8.94. The first kappa shape index (κ1) is 23.0. The van der Waals surface area contributed by atoms with E-state index in [1.54, 1.807) is 7.11 Å². The smallest absolute Gasteiger partial charge is 0.274 e. The van der Waals surface area contributed by atoms with E-state index >= 15 is 0 Å². The van der Waals surface area contributed by atoms with Crippen LogP contribution in [0.2, 0.25) is 0 Å². The third-order valence-electron chi connectivity index (χ3n) is 6.33. The standard InChI is InChI=1S/C26H33N5O2/c1-18(2)20-8-6-19(7-9-20)16-23-25(32)28-26(30-29-23)27-17-24(31-14-4-5-15-31)21-10-12-22(33-3)13-11-21/h6-13,18,24H,4-5,14-17H2,1-3H3,(H2,27,28,30,32). The summed E-state index contributed by atoms with van der Waals surface area (Å²) < 4.78 is 5.30. The molecule has 2 heterocycles. The van der Waals surface area contributed by atoms with Gasteiger partial charge in [-0.25, -0.2) is 0 Å². The lowest BCUT2D eigenvalue weighted by molar-refractivity contribution is 0.255. The lowest BCUT2D eigenvalue weighted by atomic mass is 10.0. The Balaban J connectivity index is 1.43. The molecule has 1 fully saturated rings. The molecule has 33 heavy (non-hydrogen) atoms. The molecule has 7 nitrogen and oxygen atoms in total. The highest BCUT2D eigenvalue weighted by molar-refractivity contribution is 5.32. The molecule has 0 amide bonds. The highest BCUT2D eigenvalue weighted by atomic mass is 16.5. The minimum atomic E-state index is -0.206. The maximum absolute atomic E-state index is 12.6. The third-order valence-corrected chi connectivity index (χ3v) is 6.33. The first-order chi connectivity index (χ1) is 16.0. The molecule has 1 aliphatic heterocycles. The Labute approximate surface area is 195 Å². The summed E-state index contributed by atoms with van der Waals surface area (Å²) in [7, 11) is 1.67. The van der Waals surface area contributed by atoms with Crippen molar-refractivity contribution in [1.29, 1.82) is 0 Å². The molecule has 0 spiro atoms. The number of hydrogen-bond acceptors (Lipinski definition) is 6. The maximum atomic E-state index is 12.6. The Morgan fingerprint density at radius 1 is 1.00 bits per heavy atom. The summed E-state index contributed by atoms with van der Waals surface area (Å²) in [6, 6.07) is 16.7. The van der Waals surface area contributed by atoms with Crippen LogP contribution in [0.3, 0.4) is 0 Å². The van der Waals surface area contributed by atoms with Crippen molar-refractivity contribution in [2.24, 2.45) is 0 Å². The van der Waals surface area contributed by atoms with Crippen LogP contribution in [0.25, 0.3) is 0 Å². The van der Waals surface area contributed by atoms with Gasteiger partial charge in [0.1, 0.15) is 11.4 Å². The summed E-state index contributed by atoms with van der Waals surface area (Å²) in [5, 5.41) is 11.8. The van der Waals surface area contributed by atoms with Gasteiger partial charge in [-0.3, -0.25) is 14.7 Å². The lowest BCUT2D eigenvalue weighted by Gasteiger charge is -2.28. The van der Waals surface area contributed by atoms with E-state index in [4.69, 9.17) is 4.74 Å². The zero-order valence-electron chi connectivity index (χ0n) is 19.7. The van der Waals surface area contributed by atoms with E-state index in [9.17, 15) is 4.79 Å². The van der Waals surface area contributed by atoms with Crippen molar-refractivity contribution in [3.8, 4) is 5.75 Å². The molecule has 1 aliphatic rings. The minimum absolute atomic E-state index is 0.183. The van der Waals surface area contributed by atoms with Crippen molar-refractivity contribution < 1.29 is 4.74 Å². The average Bonchev–Trinajstić information content (AvgIpc) is 3.36. The number of methoxy groups -OCH3 is 1. The van der Waals surface area contributed by atoms with Crippen molar-refractivity contribution in [2.45, 2.75) is 45.1 Å². The summed E-state index contributed by atoms with van der Waals surface area (Å²) in [6.07, 6.45) is 2.87. The minimum Gasteiger partial charge on any atom is -0.497 e. The predicted molar refractivity (Wildman–Crippen MR) is 131 cm³/mol. The van der Waals surface area contributed by atoms with Gasteiger partial charge < -0.3 is 10.1 Å². The van der Waals surface area contributed by atoms with Crippen LogP contribution in [-0.4, -0.2) is 46.8 Å². The molecule has 1 aromatic heterocycles. The van der Waals surface area contributed by atoms with Gasteiger partial charge in [-0.1, -0.05) is 50.2 Å². The van der Waals surface area contributed by atoms with Gasteiger partial charge in [0, 0.05) is 13.0 Å². The molecule has 4 rings (SSSR count). The quantitative estimate of drug-likeness (QED) is 0.513. The van der Waals surface area contributed by atoms with Crippen LogP contribution in [-0.2, 0) is 6.42 Å². The zero-order valence-corrected chi connectivity index (χ0v) is 19.7. The largest absolute Gasteiger partial charge is 0.497 e. The van der Waals surface area contributed by atoms with Gasteiger partial charge in [-0.05, 0) is 60.7 Å². The molecule has 174 valence electrons. The number of hydrogen-bond donors (Lipinski definition) is 2. The Hall–Kier alpha value is -3.19. The highest BCUT2D eigenvalue weighted by Gasteiger charge is 2.23. The zero-order chi connectivity index (χ0) is 23.2. The van der Waals surface area contributed by atoms with Crippen LogP contribution in [0.1, 0.15) is 61.0 Å². The number of nitrogens with one attached hydrogen (secondary N) is 2. The normalized spacial score (nSPS) is 15.0. The van der Waals surface area contributed by atoms with E-state index in [-0.39, 0.29) is 11.6 Å². The molecule has 7 heteroatoms. The Morgan fingerprint density at radius 3 is 2.27 bits per heavy atom. The summed E-state index contributed by atoms with van der Waals surface area (Å²) >= 11 is 0. The van der Waals surface area contributed by atoms with Crippen LogP contribution in [0, 0.1) is 0 Å². The number of likely N-dealkylation sites (tertiary alicyclic amines) is 1. The van der Waals surface area contributed by atoms with Crippen LogP contribution < -0.4 is 15.6 Å². The number of aromatic amines is 1. The van der Waals surface area contributed by atoms with Crippen LogP contribution in [0.15, 0.2) is 53.3 Å². The molecule has 0 saturated carbocycles. The van der Waals surface area contributed by atoms with E-state index in [1.807, 2.05) is 12.1 Å². The fraction of sp³-hybridized carbons (Fsp3) is 0.423. The monoisotopic (exact) mass is 447 g/mol. The number of nitrogens with zero attached hydrogens (tertiary/aromatic N) is 3. The van der Waals surface area contributed by atoms with Gasteiger partial charge in [0.2, 0.25) is 5.95 Å². The van der Waals surface area contributed by atoms with Gasteiger partial charge in [-0.15, -0.1) is 10.2 Å². The lowest BCUT2D eigenvalue weighted by Crippen LogP contribution is -2.32. The molecule has 1 saturated heterocycles. The molecule has 0 bridgehead atoms. The summed E-state index contributed by atoms with van der Waals surface area (Å²) in [6.45, 7) is 7.09. The molecular weight excluding hydrogens is 414 g/mol. The highest BCUT2D eigenvalue weighted by Crippen LogP contribution is 2.27. The molecule has 1 atom stereocenters. The SMILES string of the molecule is COc1ccc(C(CNc2nnc(Cc3ccc(C(C)C)cc3)c(=O)[nH]2)N2CCCC2)cc1. The van der Waals surface area contributed by atoms with Crippen molar-refractivity contribution in [3.05, 3.63) is 81.3 Å². The topological polar surface area (TPSA) is 83.1 Å². The second-order valence-electron chi connectivity index (χ2n) is 8.94. The Morgan fingerprint density at radius 2 is 1.67 bits per heavy atom. The fourth-order valence-electron chi connectivity index (χ4n) is 4.30. The molecule has 0 aliphatic carbocycles. The number of ether oxygens (including phenoxy) is 1. The maximum Gasteiger partial charge on any atom is 0.274 e. The molecule has 2 N–H and O–H groups in total.